The fourth-order valence-electron chi connectivity index (χ4n) is 0.364. The highest BCUT2D eigenvalue weighted by Crippen LogP contribution is 2.30. The third-order valence-electron chi connectivity index (χ3n) is 0.851. The number of esters is 1. The van der Waals surface area contributed by atoms with Crippen molar-refractivity contribution < 1.29 is 32.9 Å². The van der Waals surface area contributed by atoms with Crippen LogP contribution >= 0.6 is 12.0 Å². The molecule has 0 atom stereocenters. The van der Waals surface area contributed by atoms with Crippen LogP contribution in [0.5, 0.6) is 0 Å². The summed E-state index contributed by atoms with van der Waals surface area (Å²) in [5.41, 5.74) is 0. The molecule has 0 radical (unpaired) electrons. The van der Waals surface area contributed by atoms with Crippen molar-refractivity contribution in [2.24, 2.45) is 0 Å². The van der Waals surface area contributed by atoms with E-state index in [2.05, 4.69) is 14.1 Å². The number of alkyl halides is 2. The topological polar surface area (TPSA) is 91.6 Å². The zero-order valence-electron chi connectivity index (χ0n) is 6.57. The van der Waals surface area contributed by atoms with Crippen LogP contribution in [0, 0.1) is 11.3 Å². The molecule has 0 saturated carbocycles. The van der Waals surface area contributed by atoms with E-state index in [1.165, 1.54) is 0 Å². The largest absolute Gasteiger partial charge is 0.691 e. The Kier molecular flexibility index (Phi) is 6.06. The van der Waals surface area contributed by atoms with Crippen molar-refractivity contribution in [3.63, 3.8) is 0 Å². The van der Waals surface area contributed by atoms with Gasteiger partial charge in [-0.1, -0.05) is 0 Å². The van der Waals surface area contributed by atoms with Gasteiger partial charge in [0.05, 0.1) is 12.5 Å². The number of nitrogens with zero attached hydrogens (tertiary/aromatic N) is 1. The molecule has 0 saturated heterocycles. The monoisotopic (exact) mass is 228 g/mol. The van der Waals surface area contributed by atoms with Gasteiger partial charge in [-0.25, -0.2) is 4.79 Å². The van der Waals surface area contributed by atoms with E-state index >= 15 is 0 Å². The van der Waals surface area contributed by atoms with E-state index in [-0.39, 0.29) is 6.42 Å². The van der Waals surface area contributed by atoms with E-state index in [9.17, 15) is 18.8 Å². The summed E-state index contributed by atoms with van der Waals surface area (Å²) in [5, 5.41) is 15.8. The van der Waals surface area contributed by atoms with Gasteiger partial charge in [0, 0.05) is 0 Å². The molecule has 0 rings (SSSR count). The molecule has 0 fully saturated rings. The predicted molar refractivity (Wildman–Crippen MR) is 35.9 cm³/mol. The van der Waals surface area contributed by atoms with E-state index in [0.29, 0.717) is 0 Å². The molecule has 0 bridgehead atoms. The number of nitriles is 1. The SMILES string of the molecule is N#CCCOC(=O)C(F)(F)SOO[O-]. The summed E-state index contributed by atoms with van der Waals surface area (Å²) in [5.74, 6) is -1.91. The Hall–Kier alpha value is -0.950. The number of rotatable bonds is 6. The van der Waals surface area contributed by atoms with Gasteiger partial charge in [-0.2, -0.15) is 18.4 Å². The summed E-state index contributed by atoms with van der Waals surface area (Å²) in [6.45, 7) is -0.455. The summed E-state index contributed by atoms with van der Waals surface area (Å²) in [6.07, 6.45) is -0.203. The molecule has 0 aliphatic rings. The van der Waals surface area contributed by atoms with Crippen molar-refractivity contribution in [2.45, 2.75) is 11.7 Å². The highest BCUT2D eigenvalue weighted by molar-refractivity contribution is 7.96. The van der Waals surface area contributed by atoms with Gasteiger partial charge < -0.3 is 9.99 Å². The van der Waals surface area contributed by atoms with Crippen LogP contribution in [0.3, 0.4) is 0 Å². The normalized spacial score (nSPS) is 10.7. The molecule has 0 heterocycles. The summed E-state index contributed by atoms with van der Waals surface area (Å²) in [6, 6.07) is 1.58. The second-order valence-electron chi connectivity index (χ2n) is 1.78. The number of carbonyl (C=O) groups is 1. The first-order valence-corrected chi connectivity index (χ1v) is 3.85. The van der Waals surface area contributed by atoms with Crippen LogP contribution in [0.15, 0.2) is 0 Å². The number of hydrogen-bond acceptors (Lipinski definition) is 7. The van der Waals surface area contributed by atoms with Gasteiger partial charge >= 0.3 is 11.2 Å². The lowest BCUT2D eigenvalue weighted by Gasteiger charge is -2.13. The van der Waals surface area contributed by atoms with Crippen molar-refractivity contribution in [3.8, 4) is 6.07 Å². The van der Waals surface area contributed by atoms with E-state index in [1.807, 2.05) is 0 Å². The molecule has 0 N–H and O–H groups in total. The minimum Gasteiger partial charge on any atom is -0.691 e. The van der Waals surface area contributed by atoms with E-state index < -0.39 is 29.9 Å². The van der Waals surface area contributed by atoms with Crippen molar-refractivity contribution in [2.75, 3.05) is 6.61 Å². The Balaban J connectivity index is 3.89. The van der Waals surface area contributed by atoms with Crippen LogP contribution < -0.4 is 5.26 Å². The van der Waals surface area contributed by atoms with Crippen molar-refractivity contribution >= 4 is 18.0 Å². The molecular weight excluding hydrogens is 224 g/mol. The number of hydrogen-bond donors (Lipinski definition) is 0. The van der Waals surface area contributed by atoms with Crippen molar-refractivity contribution in [3.05, 3.63) is 0 Å². The average Bonchev–Trinajstić information content (AvgIpc) is 2.15. The molecule has 0 aliphatic heterocycles. The first-order valence-electron chi connectivity index (χ1n) is 3.11. The van der Waals surface area contributed by atoms with Crippen LogP contribution in [0.2, 0.25) is 0 Å². The Morgan fingerprint density at radius 1 is 1.64 bits per heavy atom. The maximum absolute atomic E-state index is 12.5. The van der Waals surface area contributed by atoms with Crippen LogP contribution in [-0.2, 0) is 18.9 Å². The number of halogens is 2. The highest BCUT2D eigenvalue weighted by Gasteiger charge is 2.43. The van der Waals surface area contributed by atoms with Gasteiger partial charge in [0.15, 0.2) is 0 Å². The molecule has 0 aromatic heterocycles. The fraction of sp³-hybridized carbons (Fsp3) is 0.600. The molecule has 14 heavy (non-hydrogen) atoms. The Bertz CT molecular complexity index is 231. The lowest BCUT2D eigenvalue weighted by molar-refractivity contribution is -0.777. The second-order valence-corrected chi connectivity index (χ2v) is 2.60. The van der Waals surface area contributed by atoms with E-state index in [0.717, 1.165) is 0 Å². The van der Waals surface area contributed by atoms with Crippen LogP contribution in [0.1, 0.15) is 6.42 Å². The predicted octanol–water partition coefficient (Wildman–Crippen LogP) is -0.0922. The molecule has 0 aromatic rings. The van der Waals surface area contributed by atoms with Crippen LogP contribution in [0.4, 0.5) is 8.78 Å². The Morgan fingerprint density at radius 3 is 2.79 bits per heavy atom. The highest BCUT2D eigenvalue weighted by atomic mass is 32.2. The Morgan fingerprint density at radius 2 is 2.29 bits per heavy atom. The minimum absolute atomic E-state index is 0.203. The third-order valence-corrected chi connectivity index (χ3v) is 1.35. The zero-order chi connectivity index (χ0) is 11.0. The molecule has 9 heteroatoms. The lowest BCUT2D eigenvalue weighted by atomic mass is 10.5. The van der Waals surface area contributed by atoms with Gasteiger partial charge in [-0.3, -0.25) is 5.04 Å². The third kappa shape index (κ3) is 4.93. The summed E-state index contributed by atoms with van der Waals surface area (Å²) in [7, 11) is 0. The minimum atomic E-state index is -4.04. The van der Waals surface area contributed by atoms with E-state index in [4.69, 9.17) is 5.26 Å². The van der Waals surface area contributed by atoms with Gasteiger partial charge in [0.1, 0.15) is 18.6 Å². The maximum atomic E-state index is 12.5. The first kappa shape index (κ1) is 13.0. The summed E-state index contributed by atoms with van der Waals surface area (Å²) >= 11 is -0.781. The van der Waals surface area contributed by atoms with Gasteiger partial charge in [-0.05, 0) is 0 Å². The molecule has 0 spiro atoms. The van der Waals surface area contributed by atoms with Crippen molar-refractivity contribution in [1.29, 1.82) is 5.26 Å². The summed E-state index contributed by atoms with van der Waals surface area (Å²) in [4.78, 5) is 10.5. The lowest BCUT2D eigenvalue weighted by Crippen LogP contribution is -2.28. The standard InChI is InChI=1S/C5H5F2NO5S/c6-5(7,14-13-12-10)4(9)11-3-1-2-8/h10H,1,3H2/p-1. The maximum Gasteiger partial charge on any atom is 0.415 e. The van der Waals surface area contributed by atoms with Crippen LogP contribution in [-0.4, -0.2) is 17.8 Å². The summed E-state index contributed by atoms with van der Waals surface area (Å²) < 4.78 is 32.2. The fourth-order valence-corrected chi connectivity index (χ4v) is 0.604. The van der Waals surface area contributed by atoms with Gasteiger partial charge in [-0.15, -0.1) is 0 Å². The quantitative estimate of drug-likeness (QED) is 0.206. The van der Waals surface area contributed by atoms with Crippen LogP contribution in [0.25, 0.3) is 0 Å². The zero-order valence-corrected chi connectivity index (χ0v) is 7.38. The molecule has 6 nitrogen and oxygen atoms in total. The molecule has 0 aliphatic carbocycles. The number of ether oxygens (including phenoxy) is 1. The average molecular weight is 228 g/mol. The Labute approximate surface area is 81.4 Å². The van der Waals surface area contributed by atoms with Gasteiger partial charge in [0.2, 0.25) is 0 Å². The van der Waals surface area contributed by atoms with Gasteiger partial charge in [0.25, 0.3) is 0 Å². The smallest absolute Gasteiger partial charge is 0.415 e. The first-order chi connectivity index (χ1) is 6.54. The molecular formula is C5H4F2NO5S-. The molecule has 0 amide bonds. The molecule has 0 aromatic carbocycles. The molecule has 0 unspecified atom stereocenters. The molecule has 80 valence electrons. The van der Waals surface area contributed by atoms with Crippen molar-refractivity contribution in [1.82, 2.24) is 0 Å². The second kappa shape index (κ2) is 6.50. The van der Waals surface area contributed by atoms with E-state index in [1.54, 1.807) is 6.07 Å². The number of carbonyl (C=O) groups excluding carboxylic acids is 1.